The minimum absolute atomic E-state index is 0.233. The van der Waals surface area contributed by atoms with E-state index in [1.165, 1.54) is 12.1 Å². The fraction of sp³-hybridized carbons (Fsp3) is 0.143. The van der Waals surface area contributed by atoms with Gasteiger partial charge < -0.3 is 0 Å². The van der Waals surface area contributed by atoms with E-state index in [9.17, 15) is 4.39 Å². The third kappa shape index (κ3) is 1.89. The average molecular weight is 177 g/mol. The standard InChI is InChI=1S/C7H6ClFS/c1-5-2-6(9)4-7(3-5)10-8/h2-4H,1H3. The van der Waals surface area contributed by atoms with Gasteiger partial charge in [-0.3, -0.25) is 0 Å². The van der Waals surface area contributed by atoms with Gasteiger partial charge in [-0.25, -0.2) is 4.39 Å². The Kier molecular flexibility index (Phi) is 2.57. The van der Waals surface area contributed by atoms with E-state index in [0.717, 1.165) is 21.4 Å². The second-order valence-corrected chi connectivity index (χ2v) is 3.13. The van der Waals surface area contributed by atoms with Crippen LogP contribution in [0.4, 0.5) is 4.39 Å². The van der Waals surface area contributed by atoms with Crippen molar-refractivity contribution in [2.24, 2.45) is 0 Å². The zero-order valence-electron chi connectivity index (χ0n) is 5.40. The third-order valence-corrected chi connectivity index (χ3v) is 2.05. The Labute approximate surface area is 67.9 Å². The molecule has 0 radical (unpaired) electrons. The minimum Gasteiger partial charge on any atom is -0.207 e. The number of hydrogen-bond acceptors (Lipinski definition) is 1. The van der Waals surface area contributed by atoms with Gasteiger partial charge in [0.2, 0.25) is 0 Å². The van der Waals surface area contributed by atoms with E-state index in [-0.39, 0.29) is 5.82 Å². The Morgan fingerprint density at radius 2 is 2.10 bits per heavy atom. The highest BCUT2D eigenvalue weighted by atomic mass is 35.7. The predicted octanol–water partition coefficient (Wildman–Crippen LogP) is 3.38. The Bertz CT molecular complexity index is 217. The van der Waals surface area contributed by atoms with Crippen molar-refractivity contribution < 1.29 is 4.39 Å². The van der Waals surface area contributed by atoms with Crippen molar-refractivity contribution in [3.05, 3.63) is 29.6 Å². The van der Waals surface area contributed by atoms with Gasteiger partial charge in [0.15, 0.2) is 0 Å². The number of halogens is 2. The zero-order chi connectivity index (χ0) is 7.56. The molecule has 0 N–H and O–H groups in total. The van der Waals surface area contributed by atoms with Crippen LogP contribution in [0, 0.1) is 12.7 Å². The van der Waals surface area contributed by atoms with E-state index >= 15 is 0 Å². The first-order chi connectivity index (χ1) is 4.72. The molecule has 0 saturated heterocycles. The summed E-state index contributed by atoms with van der Waals surface area (Å²) in [7, 11) is 6.45. The summed E-state index contributed by atoms with van der Waals surface area (Å²) in [5.74, 6) is -0.233. The van der Waals surface area contributed by atoms with Crippen molar-refractivity contribution in [3.63, 3.8) is 0 Å². The van der Waals surface area contributed by atoms with Crippen molar-refractivity contribution in [3.8, 4) is 0 Å². The molecule has 1 aromatic rings. The molecular formula is C7H6ClFS. The molecule has 1 aromatic carbocycles. The van der Waals surface area contributed by atoms with Crippen molar-refractivity contribution in [2.45, 2.75) is 11.8 Å². The average Bonchev–Trinajstić information content (AvgIpc) is 1.85. The van der Waals surface area contributed by atoms with Crippen molar-refractivity contribution in [2.75, 3.05) is 0 Å². The molecule has 0 unspecified atom stereocenters. The number of hydrogen-bond donors (Lipinski definition) is 0. The Balaban J connectivity index is 3.06. The van der Waals surface area contributed by atoms with E-state index in [4.69, 9.17) is 10.7 Å². The first-order valence-electron chi connectivity index (χ1n) is 2.78. The van der Waals surface area contributed by atoms with Gasteiger partial charge in [0, 0.05) is 4.90 Å². The first kappa shape index (κ1) is 7.89. The van der Waals surface area contributed by atoms with Crippen LogP contribution in [-0.4, -0.2) is 0 Å². The van der Waals surface area contributed by atoms with Crippen LogP contribution in [0.1, 0.15) is 5.56 Å². The topological polar surface area (TPSA) is 0 Å². The summed E-state index contributed by atoms with van der Waals surface area (Å²) in [4.78, 5) is 0.749. The Hall–Kier alpha value is -0.210. The second kappa shape index (κ2) is 3.26. The lowest BCUT2D eigenvalue weighted by atomic mass is 10.2. The molecule has 54 valence electrons. The van der Waals surface area contributed by atoms with E-state index in [1.54, 1.807) is 0 Å². The highest BCUT2D eigenvalue weighted by Gasteiger charge is 1.95. The quantitative estimate of drug-likeness (QED) is 0.632. The normalized spacial score (nSPS) is 9.90. The summed E-state index contributed by atoms with van der Waals surface area (Å²) in [5, 5.41) is 0. The van der Waals surface area contributed by atoms with Crippen molar-refractivity contribution in [1.29, 1.82) is 0 Å². The molecule has 0 amide bonds. The highest BCUT2D eigenvalue weighted by molar-refractivity contribution is 8.21. The number of benzene rings is 1. The maximum atomic E-state index is 12.5. The predicted molar refractivity (Wildman–Crippen MR) is 42.8 cm³/mol. The summed E-state index contributed by atoms with van der Waals surface area (Å²) in [6, 6.07) is 4.71. The SMILES string of the molecule is Cc1cc(F)cc(SCl)c1. The molecule has 0 saturated carbocycles. The molecule has 0 spiro atoms. The number of rotatable bonds is 1. The molecule has 0 fully saturated rings. The fourth-order valence-electron chi connectivity index (χ4n) is 0.747. The first-order valence-corrected chi connectivity index (χ1v) is 4.42. The third-order valence-electron chi connectivity index (χ3n) is 1.10. The van der Waals surface area contributed by atoms with Crippen LogP contribution in [0.15, 0.2) is 23.1 Å². The van der Waals surface area contributed by atoms with E-state index in [0.29, 0.717) is 0 Å². The maximum absolute atomic E-state index is 12.5. The molecule has 0 nitrogen and oxygen atoms in total. The fourth-order valence-corrected chi connectivity index (χ4v) is 1.40. The van der Waals surface area contributed by atoms with Crippen molar-refractivity contribution >= 4 is 21.7 Å². The van der Waals surface area contributed by atoms with Gasteiger partial charge >= 0.3 is 0 Å². The van der Waals surface area contributed by atoms with E-state index in [1.807, 2.05) is 13.0 Å². The largest absolute Gasteiger partial charge is 0.207 e. The van der Waals surface area contributed by atoms with Crippen LogP contribution >= 0.6 is 21.7 Å². The molecule has 3 heteroatoms. The van der Waals surface area contributed by atoms with Crippen LogP contribution < -0.4 is 0 Å². The summed E-state index contributed by atoms with van der Waals surface area (Å²) < 4.78 is 12.5. The molecule has 0 aliphatic rings. The molecule has 0 aliphatic carbocycles. The van der Waals surface area contributed by atoms with Gasteiger partial charge in [-0.15, -0.1) is 0 Å². The lowest BCUT2D eigenvalue weighted by Gasteiger charge is -1.95. The molecule has 10 heavy (non-hydrogen) atoms. The van der Waals surface area contributed by atoms with E-state index in [2.05, 4.69) is 0 Å². The van der Waals surface area contributed by atoms with Gasteiger partial charge in [0.25, 0.3) is 0 Å². The molecule has 0 atom stereocenters. The maximum Gasteiger partial charge on any atom is 0.124 e. The van der Waals surface area contributed by atoms with E-state index < -0.39 is 0 Å². The number of aryl methyl sites for hydroxylation is 1. The van der Waals surface area contributed by atoms with Crippen LogP contribution in [0.3, 0.4) is 0 Å². The van der Waals surface area contributed by atoms with Gasteiger partial charge in [-0.1, -0.05) is 0 Å². The van der Waals surface area contributed by atoms with Gasteiger partial charge in [0.1, 0.15) is 5.82 Å². The lowest BCUT2D eigenvalue weighted by Crippen LogP contribution is -1.77. The highest BCUT2D eigenvalue weighted by Crippen LogP contribution is 2.23. The van der Waals surface area contributed by atoms with Crippen molar-refractivity contribution in [1.82, 2.24) is 0 Å². The molecule has 0 heterocycles. The van der Waals surface area contributed by atoms with Gasteiger partial charge in [-0.05, 0) is 52.3 Å². The Morgan fingerprint density at radius 1 is 1.40 bits per heavy atom. The lowest BCUT2D eigenvalue weighted by molar-refractivity contribution is 0.623. The van der Waals surface area contributed by atoms with Crippen LogP contribution in [0.2, 0.25) is 0 Å². The summed E-state index contributed by atoms with van der Waals surface area (Å²) in [6.45, 7) is 1.83. The zero-order valence-corrected chi connectivity index (χ0v) is 6.97. The smallest absolute Gasteiger partial charge is 0.124 e. The Morgan fingerprint density at radius 3 is 2.60 bits per heavy atom. The molecule has 0 aliphatic heterocycles. The summed E-state index contributed by atoms with van der Waals surface area (Å²) in [5.41, 5.74) is 0.892. The van der Waals surface area contributed by atoms with Crippen LogP contribution in [-0.2, 0) is 0 Å². The summed E-state index contributed by atoms with van der Waals surface area (Å²) >= 11 is 0. The van der Waals surface area contributed by atoms with Gasteiger partial charge in [-0.2, -0.15) is 0 Å². The van der Waals surface area contributed by atoms with Crippen LogP contribution in [0.25, 0.3) is 0 Å². The monoisotopic (exact) mass is 176 g/mol. The van der Waals surface area contributed by atoms with Gasteiger partial charge in [0.05, 0.1) is 0 Å². The summed E-state index contributed by atoms with van der Waals surface area (Å²) in [6.07, 6.45) is 0. The molecule has 1 rings (SSSR count). The molecule has 0 bridgehead atoms. The second-order valence-electron chi connectivity index (χ2n) is 2.04. The minimum atomic E-state index is -0.233. The molecule has 0 aromatic heterocycles. The molecular weight excluding hydrogens is 171 g/mol. The van der Waals surface area contributed by atoms with Crippen LogP contribution in [0.5, 0.6) is 0 Å².